The standard InChI is InChI=1S/C20H30N4O2S2/c1-6-23-18(15-7-9-16(10-8-15)20(2,3)4)21-24(19(23)27)14-22(5)17-11-12-28(25,26)13-17/h7-10,17H,6,11-14H2,1-5H3/t17-/m1/s1. The summed E-state index contributed by atoms with van der Waals surface area (Å²) in [5.74, 6) is 1.33. The van der Waals surface area contributed by atoms with Crippen molar-refractivity contribution in [1.82, 2.24) is 19.2 Å². The zero-order valence-corrected chi connectivity index (χ0v) is 19.0. The lowest BCUT2D eigenvalue weighted by Crippen LogP contribution is -2.34. The Bertz CT molecular complexity index is 998. The van der Waals surface area contributed by atoms with Crippen LogP contribution in [-0.2, 0) is 28.5 Å². The van der Waals surface area contributed by atoms with Gasteiger partial charge in [0.15, 0.2) is 20.4 Å². The minimum Gasteiger partial charge on any atom is -0.300 e. The van der Waals surface area contributed by atoms with Crippen LogP contribution in [0.4, 0.5) is 0 Å². The van der Waals surface area contributed by atoms with Crippen molar-refractivity contribution in [3.8, 4) is 11.4 Å². The van der Waals surface area contributed by atoms with Crippen molar-refractivity contribution in [2.45, 2.75) is 58.8 Å². The van der Waals surface area contributed by atoms with Gasteiger partial charge in [-0.1, -0.05) is 45.0 Å². The molecular formula is C20H30N4O2S2. The first-order valence-corrected chi connectivity index (χ1v) is 11.9. The van der Waals surface area contributed by atoms with E-state index in [-0.39, 0.29) is 23.0 Å². The van der Waals surface area contributed by atoms with Crippen LogP contribution in [-0.4, -0.2) is 52.3 Å². The highest BCUT2D eigenvalue weighted by Crippen LogP contribution is 2.26. The Morgan fingerprint density at radius 2 is 1.89 bits per heavy atom. The minimum absolute atomic E-state index is 0.0215. The molecular weight excluding hydrogens is 392 g/mol. The molecule has 0 bridgehead atoms. The highest BCUT2D eigenvalue weighted by atomic mass is 32.2. The van der Waals surface area contributed by atoms with Gasteiger partial charge >= 0.3 is 0 Å². The first kappa shape index (κ1) is 21.2. The summed E-state index contributed by atoms with van der Waals surface area (Å²) in [5.41, 5.74) is 2.41. The maximum atomic E-state index is 11.8. The number of rotatable bonds is 5. The van der Waals surface area contributed by atoms with Gasteiger partial charge in [0, 0.05) is 18.2 Å². The SMILES string of the molecule is CCn1c(-c2ccc(C(C)(C)C)cc2)nn(CN(C)[C@@H]2CCS(=O)(=O)C2)c1=S. The van der Waals surface area contributed by atoms with Gasteiger partial charge in [-0.3, -0.25) is 4.90 Å². The second-order valence-corrected chi connectivity index (χ2v) is 11.2. The third-order valence-electron chi connectivity index (χ3n) is 5.44. The molecule has 0 saturated carbocycles. The number of hydrogen-bond donors (Lipinski definition) is 0. The molecule has 2 heterocycles. The Kier molecular flexibility index (Phi) is 5.85. The Morgan fingerprint density at radius 1 is 1.25 bits per heavy atom. The lowest BCUT2D eigenvalue weighted by atomic mass is 9.87. The van der Waals surface area contributed by atoms with E-state index in [1.54, 1.807) is 4.68 Å². The molecule has 2 aromatic rings. The molecule has 154 valence electrons. The fraction of sp³-hybridized carbons (Fsp3) is 0.600. The molecule has 0 amide bonds. The molecule has 3 rings (SSSR count). The van der Waals surface area contributed by atoms with E-state index in [0.29, 0.717) is 17.9 Å². The summed E-state index contributed by atoms with van der Waals surface area (Å²) >= 11 is 5.65. The summed E-state index contributed by atoms with van der Waals surface area (Å²) in [5, 5.41) is 4.77. The van der Waals surface area contributed by atoms with Gasteiger partial charge in [-0.15, -0.1) is 0 Å². The molecule has 0 spiro atoms. The van der Waals surface area contributed by atoms with Gasteiger partial charge in [-0.25, -0.2) is 13.1 Å². The molecule has 6 nitrogen and oxygen atoms in total. The summed E-state index contributed by atoms with van der Waals surface area (Å²) in [7, 11) is -0.972. The van der Waals surface area contributed by atoms with E-state index >= 15 is 0 Å². The van der Waals surface area contributed by atoms with Crippen molar-refractivity contribution in [3.05, 3.63) is 34.6 Å². The van der Waals surface area contributed by atoms with Crippen molar-refractivity contribution >= 4 is 22.1 Å². The molecule has 1 aromatic carbocycles. The van der Waals surface area contributed by atoms with Gasteiger partial charge in [0.05, 0.1) is 18.2 Å². The van der Waals surface area contributed by atoms with Gasteiger partial charge in [0.2, 0.25) is 0 Å². The molecule has 1 aliphatic heterocycles. The normalized spacial score (nSPS) is 19.4. The zero-order chi connectivity index (χ0) is 20.7. The molecule has 1 aromatic heterocycles. The maximum Gasteiger partial charge on any atom is 0.199 e. The fourth-order valence-corrected chi connectivity index (χ4v) is 5.72. The van der Waals surface area contributed by atoms with E-state index in [1.165, 1.54) is 5.56 Å². The van der Waals surface area contributed by atoms with Crippen LogP contribution in [0, 0.1) is 4.77 Å². The van der Waals surface area contributed by atoms with Crippen molar-refractivity contribution in [2.75, 3.05) is 18.6 Å². The summed E-state index contributed by atoms with van der Waals surface area (Å²) in [6.45, 7) is 9.87. The zero-order valence-electron chi connectivity index (χ0n) is 17.3. The van der Waals surface area contributed by atoms with Crippen molar-refractivity contribution in [2.24, 2.45) is 0 Å². The fourth-order valence-electron chi connectivity index (χ4n) is 3.60. The third kappa shape index (κ3) is 4.39. The molecule has 0 N–H and O–H groups in total. The highest BCUT2D eigenvalue weighted by molar-refractivity contribution is 7.91. The summed E-state index contributed by atoms with van der Waals surface area (Å²) in [6.07, 6.45) is 0.668. The average Bonchev–Trinajstić information content (AvgIpc) is 3.14. The van der Waals surface area contributed by atoms with Crippen molar-refractivity contribution in [1.29, 1.82) is 0 Å². The molecule has 8 heteroatoms. The van der Waals surface area contributed by atoms with Crippen LogP contribution in [0.5, 0.6) is 0 Å². The lowest BCUT2D eigenvalue weighted by molar-refractivity contribution is 0.196. The highest BCUT2D eigenvalue weighted by Gasteiger charge is 2.31. The van der Waals surface area contributed by atoms with E-state index in [0.717, 1.165) is 17.9 Å². The quantitative estimate of drug-likeness (QED) is 0.691. The van der Waals surface area contributed by atoms with Crippen LogP contribution in [0.1, 0.15) is 39.7 Å². The van der Waals surface area contributed by atoms with Gasteiger partial charge in [-0.2, -0.15) is 5.10 Å². The molecule has 0 radical (unpaired) electrons. The first-order chi connectivity index (χ1) is 13.0. The van der Waals surface area contributed by atoms with Crippen LogP contribution in [0.2, 0.25) is 0 Å². The lowest BCUT2D eigenvalue weighted by Gasteiger charge is -2.22. The predicted octanol–water partition coefficient (Wildman–Crippen LogP) is 3.47. The topological polar surface area (TPSA) is 60.1 Å². The summed E-state index contributed by atoms with van der Waals surface area (Å²) in [6, 6.07) is 8.51. The average molecular weight is 423 g/mol. The molecule has 1 atom stereocenters. The first-order valence-electron chi connectivity index (χ1n) is 9.71. The van der Waals surface area contributed by atoms with E-state index < -0.39 is 9.84 Å². The Balaban J connectivity index is 1.87. The third-order valence-corrected chi connectivity index (χ3v) is 7.62. The Morgan fingerprint density at radius 3 is 2.39 bits per heavy atom. The van der Waals surface area contributed by atoms with Crippen LogP contribution in [0.3, 0.4) is 0 Å². The smallest absolute Gasteiger partial charge is 0.199 e. The van der Waals surface area contributed by atoms with Crippen molar-refractivity contribution < 1.29 is 8.42 Å². The van der Waals surface area contributed by atoms with Gasteiger partial charge in [0.25, 0.3) is 0 Å². The van der Waals surface area contributed by atoms with Gasteiger partial charge in [0.1, 0.15) is 0 Å². The second-order valence-electron chi connectivity index (χ2n) is 8.63. The monoisotopic (exact) mass is 422 g/mol. The molecule has 1 fully saturated rings. The van der Waals surface area contributed by atoms with Crippen LogP contribution in [0.15, 0.2) is 24.3 Å². The van der Waals surface area contributed by atoms with Crippen LogP contribution in [0.25, 0.3) is 11.4 Å². The second kappa shape index (κ2) is 7.72. The summed E-state index contributed by atoms with van der Waals surface area (Å²) in [4.78, 5) is 2.04. The Hall–Kier alpha value is -1.51. The largest absolute Gasteiger partial charge is 0.300 e. The summed E-state index contributed by atoms with van der Waals surface area (Å²) < 4.78 is 28.0. The number of hydrogen-bond acceptors (Lipinski definition) is 5. The number of aromatic nitrogens is 3. The number of sulfone groups is 1. The Labute approximate surface area is 173 Å². The van der Waals surface area contributed by atoms with E-state index in [1.807, 2.05) is 16.5 Å². The predicted molar refractivity (Wildman–Crippen MR) is 116 cm³/mol. The number of benzene rings is 1. The molecule has 28 heavy (non-hydrogen) atoms. The van der Waals surface area contributed by atoms with E-state index in [2.05, 4.69) is 52.0 Å². The molecule has 0 aliphatic carbocycles. The van der Waals surface area contributed by atoms with E-state index in [9.17, 15) is 8.42 Å². The van der Waals surface area contributed by atoms with Crippen LogP contribution < -0.4 is 0 Å². The maximum absolute atomic E-state index is 11.8. The molecule has 0 unspecified atom stereocenters. The van der Waals surface area contributed by atoms with Gasteiger partial charge in [-0.05, 0) is 43.6 Å². The van der Waals surface area contributed by atoms with Crippen molar-refractivity contribution in [3.63, 3.8) is 0 Å². The van der Waals surface area contributed by atoms with Crippen LogP contribution >= 0.6 is 12.2 Å². The molecule has 1 saturated heterocycles. The molecule has 1 aliphatic rings. The van der Waals surface area contributed by atoms with Gasteiger partial charge < -0.3 is 4.57 Å². The minimum atomic E-state index is -2.91. The number of nitrogens with zero attached hydrogens (tertiary/aromatic N) is 4. The van der Waals surface area contributed by atoms with E-state index in [4.69, 9.17) is 17.3 Å².